The van der Waals surface area contributed by atoms with Crippen LogP contribution in [0.3, 0.4) is 0 Å². The monoisotopic (exact) mass is 1060 g/mol. The molecule has 1 heterocycles. The summed E-state index contributed by atoms with van der Waals surface area (Å²) in [6, 6.07) is -0.832. The molecule has 7 atom stereocenters. The molecule has 438 valence electrons. The van der Waals surface area contributed by atoms with E-state index in [0.29, 0.717) is 6.42 Å². The van der Waals surface area contributed by atoms with Gasteiger partial charge in [0.15, 0.2) is 6.29 Å². The number of nitrogens with one attached hydrogen (secondary N) is 1. The Balaban J connectivity index is 2.15. The molecule has 1 amide bonds. The van der Waals surface area contributed by atoms with Gasteiger partial charge in [0, 0.05) is 6.42 Å². The van der Waals surface area contributed by atoms with Crippen molar-refractivity contribution in [3.63, 3.8) is 0 Å². The molecule has 6 N–H and O–H groups in total. The van der Waals surface area contributed by atoms with Crippen LogP contribution in [-0.4, -0.2) is 87.5 Å². The maximum Gasteiger partial charge on any atom is 0.220 e. The van der Waals surface area contributed by atoms with Gasteiger partial charge in [-0.1, -0.05) is 265 Å². The van der Waals surface area contributed by atoms with Gasteiger partial charge in [0.05, 0.1) is 25.4 Å². The van der Waals surface area contributed by atoms with Crippen LogP contribution in [0.5, 0.6) is 0 Å². The highest BCUT2D eigenvalue weighted by Crippen LogP contribution is 2.23. The first-order chi connectivity index (χ1) is 37.3. The first-order valence-corrected chi connectivity index (χ1v) is 31.5. The van der Waals surface area contributed by atoms with E-state index >= 15 is 0 Å². The lowest BCUT2D eigenvalue weighted by atomic mass is 9.99. The Kier molecular flexibility index (Phi) is 51.9. The molecule has 9 heteroatoms. The Bertz CT molecular complexity index is 1510. The SMILES string of the molecule is CC/C=C\C/C=C\C/C=C\C/C=C\C/C=C\CCCCCCCCCCCCCCCCCCCCCC(=O)NC(COC1OC(CO)C(O)C(O)C1O)C(O)/C=C/CC/C=C/CC/C=C/CCCCCCCCCC. The summed E-state index contributed by atoms with van der Waals surface area (Å²) in [4.78, 5) is 13.1. The van der Waals surface area contributed by atoms with Gasteiger partial charge in [-0.25, -0.2) is 0 Å². The number of rotatable bonds is 53. The third-order valence-corrected chi connectivity index (χ3v) is 14.4. The highest BCUT2D eigenvalue weighted by atomic mass is 16.7. The summed E-state index contributed by atoms with van der Waals surface area (Å²) in [7, 11) is 0. The molecule has 0 spiro atoms. The molecule has 1 rings (SSSR count). The van der Waals surface area contributed by atoms with Crippen LogP contribution < -0.4 is 5.32 Å². The van der Waals surface area contributed by atoms with Crippen molar-refractivity contribution in [1.82, 2.24) is 5.32 Å². The molecular weight excluding hydrogens is 947 g/mol. The van der Waals surface area contributed by atoms with Gasteiger partial charge >= 0.3 is 0 Å². The maximum atomic E-state index is 13.1. The zero-order valence-electron chi connectivity index (χ0n) is 48.7. The van der Waals surface area contributed by atoms with Crippen LogP contribution in [0.2, 0.25) is 0 Å². The summed E-state index contributed by atoms with van der Waals surface area (Å²) in [6.45, 7) is 3.65. The lowest BCUT2D eigenvalue weighted by molar-refractivity contribution is -0.302. The zero-order valence-corrected chi connectivity index (χ0v) is 48.7. The lowest BCUT2D eigenvalue weighted by Gasteiger charge is -2.40. The molecule has 76 heavy (non-hydrogen) atoms. The number of unbranched alkanes of at least 4 members (excludes halogenated alkanes) is 29. The summed E-state index contributed by atoms with van der Waals surface area (Å²) >= 11 is 0. The van der Waals surface area contributed by atoms with Gasteiger partial charge in [0.1, 0.15) is 24.4 Å². The quantitative estimate of drug-likeness (QED) is 0.0261. The summed E-state index contributed by atoms with van der Waals surface area (Å²) < 4.78 is 11.3. The van der Waals surface area contributed by atoms with Crippen molar-refractivity contribution < 1.29 is 39.8 Å². The summed E-state index contributed by atoms with van der Waals surface area (Å²) in [5.74, 6) is -0.191. The molecule has 0 aromatic rings. The Morgan fingerprint density at radius 2 is 0.829 bits per heavy atom. The number of hydrogen-bond donors (Lipinski definition) is 6. The molecule has 1 fully saturated rings. The summed E-state index contributed by atoms with van der Waals surface area (Å²) in [5, 5.41) is 54.5. The van der Waals surface area contributed by atoms with E-state index in [4.69, 9.17) is 9.47 Å². The van der Waals surface area contributed by atoms with Crippen LogP contribution in [-0.2, 0) is 14.3 Å². The van der Waals surface area contributed by atoms with Crippen molar-refractivity contribution >= 4 is 5.91 Å². The molecule has 0 aromatic heterocycles. The standard InChI is InChI=1S/C67H117NO8/c1-3-5-7-9-11-13-15-17-19-21-23-24-25-26-27-28-29-30-31-32-33-34-35-36-37-38-39-41-43-45-47-49-51-53-55-57-63(71)68-60(59-75-67-66(74)65(73)64(72)62(58-69)76-67)61(70)56-54-52-50-48-46-44-42-40-22-20-18-16-14-12-10-8-6-4-2/h5,7,11,13,17,19,22-24,26-27,40,46,48,54,56,60-62,64-67,69-70,72-74H,3-4,6,8-10,12,14-16,18,20-21,25,28-39,41-45,47,49-53,55,57-59H2,1-2H3,(H,68,71)/b7-5-,13-11-,19-17-,24-23-,27-26-,40-22+,48-46+,56-54+. The second kappa shape index (κ2) is 55.4. The van der Waals surface area contributed by atoms with E-state index in [1.165, 1.54) is 161 Å². The van der Waals surface area contributed by atoms with E-state index in [2.05, 4.69) is 104 Å². The molecule has 7 unspecified atom stereocenters. The predicted molar refractivity (Wildman–Crippen MR) is 322 cm³/mol. The average Bonchev–Trinajstić information content (AvgIpc) is 3.42. The number of aliphatic hydroxyl groups is 5. The lowest BCUT2D eigenvalue weighted by Crippen LogP contribution is -2.60. The Labute approximate surface area is 466 Å². The first-order valence-electron chi connectivity index (χ1n) is 31.5. The summed E-state index contributed by atoms with van der Waals surface area (Å²) in [6.07, 6.45) is 73.5. The minimum atomic E-state index is -1.58. The van der Waals surface area contributed by atoms with Crippen LogP contribution in [0.15, 0.2) is 97.2 Å². The van der Waals surface area contributed by atoms with E-state index in [-0.39, 0.29) is 12.5 Å². The number of hydrogen-bond acceptors (Lipinski definition) is 8. The smallest absolute Gasteiger partial charge is 0.220 e. The number of allylic oxidation sites excluding steroid dienone is 15. The molecule has 1 saturated heterocycles. The van der Waals surface area contributed by atoms with Gasteiger partial charge in [0.2, 0.25) is 5.91 Å². The number of carbonyl (C=O) groups excluding carboxylic acids is 1. The number of ether oxygens (including phenoxy) is 2. The van der Waals surface area contributed by atoms with Crippen LogP contribution >= 0.6 is 0 Å². The second-order valence-corrected chi connectivity index (χ2v) is 21.4. The first kappa shape index (κ1) is 71.1. The topological polar surface area (TPSA) is 149 Å². The predicted octanol–water partition coefficient (Wildman–Crippen LogP) is 16.4. The third kappa shape index (κ3) is 44.0. The Morgan fingerprint density at radius 3 is 1.26 bits per heavy atom. The van der Waals surface area contributed by atoms with Gasteiger partial charge < -0.3 is 40.3 Å². The third-order valence-electron chi connectivity index (χ3n) is 14.4. The van der Waals surface area contributed by atoms with Crippen molar-refractivity contribution in [2.45, 2.75) is 307 Å². The van der Waals surface area contributed by atoms with Crippen molar-refractivity contribution in [3.05, 3.63) is 97.2 Å². The Hall–Kier alpha value is -2.89. The Morgan fingerprint density at radius 1 is 0.461 bits per heavy atom. The van der Waals surface area contributed by atoms with Gasteiger partial charge in [-0.2, -0.15) is 0 Å². The van der Waals surface area contributed by atoms with Crippen molar-refractivity contribution in [2.24, 2.45) is 0 Å². The van der Waals surface area contributed by atoms with Crippen LogP contribution in [0.4, 0.5) is 0 Å². The molecule has 1 aliphatic heterocycles. The van der Waals surface area contributed by atoms with Gasteiger partial charge in [-0.15, -0.1) is 0 Å². The fourth-order valence-corrected chi connectivity index (χ4v) is 9.45. The fourth-order valence-electron chi connectivity index (χ4n) is 9.45. The molecule has 9 nitrogen and oxygen atoms in total. The average molecular weight is 1060 g/mol. The van der Waals surface area contributed by atoms with Crippen molar-refractivity contribution in [2.75, 3.05) is 13.2 Å². The normalized spacial score (nSPS) is 19.5. The molecule has 1 aliphatic rings. The van der Waals surface area contributed by atoms with E-state index in [1.54, 1.807) is 6.08 Å². The zero-order chi connectivity index (χ0) is 55.0. The molecule has 0 radical (unpaired) electrons. The molecular formula is C67H117NO8. The van der Waals surface area contributed by atoms with Gasteiger partial charge in [-0.3, -0.25) is 4.79 Å². The number of aliphatic hydroxyl groups excluding tert-OH is 5. The van der Waals surface area contributed by atoms with Crippen LogP contribution in [0.1, 0.15) is 264 Å². The molecule has 0 bridgehead atoms. The van der Waals surface area contributed by atoms with Crippen LogP contribution in [0, 0.1) is 0 Å². The molecule has 0 aromatic carbocycles. The summed E-state index contributed by atoms with van der Waals surface area (Å²) in [5.41, 5.74) is 0. The van der Waals surface area contributed by atoms with E-state index < -0.39 is 49.5 Å². The van der Waals surface area contributed by atoms with Crippen molar-refractivity contribution in [3.8, 4) is 0 Å². The maximum absolute atomic E-state index is 13.1. The van der Waals surface area contributed by atoms with Crippen molar-refractivity contribution in [1.29, 1.82) is 0 Å². The highest BCUT2D eigenvalue weighted by Gasteiger charge is 2.44. The fraction of sp³-hybridized carbons (Fsp3) is 0.746. The van der Waals surface area contributed by atoms with E-state index in [1.807, 2.05) is 6.08 Å². The minimum absolute atomic E-state index is 0.191. The minimum Gasteiger partial charge on any atom is -0.394 e. The molecule has 0 aliphatic carbocycles. The van der Waals surface area contributed by atoms with E-state index in [0.717, 1.165) is 83.5 Å². The molecule has 0 saturated carbocycles. The second-order valence-electron chi connectivity index (χ2n) is 21.4. The van der Waals surface area contributed by atoms with E-state index in [9.17, 15) is 30.3 Å². The van der Waals surface area contributed by atoms with Gasteiger partial charge in [0.25, 0.3) is 0 Å². The number of carbonyl (C=O) groups is 1. The van der Waals surface area contributed by atoms with Crippen LogP contribution in [0.25, 0.3) is 0 Å². The number of amides is 1. The highest BCUT2D eigenvalue weighted by molar-refractivity contribution is 5.76. The van der Waals surface area contributed by atoms with Gasteiger partial charge in [-0.05, 0) is 89.9 Å². The largest absolute Gasteiger partial charge is 0.394 e.